The summed E-state index contributed by atoms with van der Waals surface area (Å²) in [4.78, 5) is 11.6. The van der Waals surface area contributed by atoms with E-state index < -0.39 is 0 Å². The number of carbonyl (C=O) groups is 1. The Morgan fingerprint density at radius 3 is 3.00 bits per heavy atom. The Morgan fingerprint density at radius 2 is 2.30 bits per heavy atom. The molecular formula is C16H24N2O2. The molecule has 4 nitrogen and oxygen atoms in total. The van der Waals surface area contributed by atoms with Crippen LogP contribution in [0.15, 0.2) is 18.2 Å². The van der Waals surface area contributed by atoms with E-state index in [1.165, 1.54) is 0 Å². The lowest BCUT2D eigenvalue weighted by molar-refractivity contribution is -0.121. The van der Waals surface area contributed by atoms with E-state index in [2.05, 4.69) is 18.3 Å². The maximum absolute atomic E-state index is 11.6. The molecule has 1 heterocycles. The van der Waals surface area contributed by atoms with Crippen LogP contribution in [-0.4, -0.2) is 12.5 Å². The van der Waals surface area contributed by atoms with Crippen molar-refractivity contribution in [2.24, 2.45) is 5.73 Å². The molecule has 0 bridgehead atoms. The molecule has 1 aliphatic rings. The number of carbonyl (C=O) groups excluding carboxylic acids is 1. The molecule has 4 heteroatoms. The normalized spacial score (nSPS) is 18.9. The van der Waals surface area contributed by atoms with E-state index in [0.29, 0.717) is 13.0 Å². The van der Waals surface area contributed by atoms with Crippen molar-refractivity contribution in [3.63, 3.8) is 0 Å². The van der Waals surface area contributed by atoms with E-state index in [1.807, 2.05) is 19.1 Å². The molecule has 0 fully saturated rings. The highest BCUT2D eigenvalue weighted by atomic mass is 16.5. The fourth-order valence-electron chi connectivity index (χ4n) is 2.57. The number of rotatable bonds is 5. The summed E-state index contributed by atoms with van der Waals surface area (Å²) >= 11 is 0. The lowest BCUT2D eigenvalue weighted by Crippen LogP contribution is -2.31. The number of amides is 1. The predicted octanol–water partition coefficient (Wildman–Crippen LogP) is 2.84. The SMILES string of the molecule is CCCC(N)c1ccc2c(c1)C(NC(=O)CC)CCO2. The molecule has 110 valence electrons. The smallest absolute Gasteiger partial charge is 0.220 e. The fourth-order valence-corrected chi connectivity index (χ4v) is 2.57. The summed E-state index contributed by atoms with van der Waals surface area (Å²) in [6.45, 7) is 4.64. The molecule has 3 N–H and O–H groups in total. The Labute approximate surface area is 120 Å². The van der Waals surface area contributed by atoms with Crippen LogP contribution in [-0.2, 0) is 4.79 Å². The molecule has 1 aromatic carbocycles. The van der Waals surface area contributed by atoms with Crippen molar-refractivity contribution in [2.45, 2.75) is 51.6 Å². The Kier molecular flexibility index (Phi) is 5.01. The largest absolute Gasteiger partial charge is 0.493 e. The second-order valence-corrected chi connectivity index (χ2v) is 5.30. The van der Waals surface area contributed by atoms with Gasteiger partial charge < -0.3 is 15.8 Å². The van der Waals surface area contributed by atoms with Crippen LogP contribution >= 0.6 is 0 Å². The number of hydrogen-bond donors (Lipinski definition) is 2. The summed E-state index contributed by atoms with van der Waals surface area (Å²) in [7, 11) is 0. The van der Waals surface area contributed by atoms with Gasteiger partial charge in [0.15, 0.2) is 0 Å². The number of benzene rings is 1. The Balaban J connectivity index is 2.24. The molecule has 0 saturated carbocycles. The number of ether oxygens (including phenoxy) is 1. The zero-order chi connectivity index (χ0) is 14.5. The van der Waals surface area contributed by atoms with E-state index in [4.69, 9.17) is 10.5 Å². The minimum Gasteiger partial charge on any atom is -0.493 e. The number of fused-ring (bicyclic) bond motifs is 1. The van der Waals surface area contributed by atoms with E-state index in [9.17, 15) is 4.79 Å². The van der Waals surface area contributed by atoms with E-state index in [-0.39, 0.29) is 18.0 Å². The van der Waals surface area contributed by atoms with Gasteiger partial charge in [-0.05, 0) is 24.1 Å². The van der Waals surface area contributed by atoms with E-state index in [1.54, 1.807) is 0 Å². The van der Waals surface area contributed by atoms with Crippen LogP contribution in [0.1, 0.15) is 62.7 Å². The number of hydrogen-bond acceptors (Lipinski definition) is 3. The molecule has 2 unspecified atom stereocenters. The van der Waals surface area contributed by atoms with Gasteiger partial charge in [0.25, 0.3) is 0 Å². The van der Waals surface area contributed by atoms with Crippen molar-refractivity contribution < 1.29 is 9.53 Å². The third kappa shape index (κ3) is 3.31. The van der Waals surface area contributed by atoms with Gasteiger partial charge in [0, 0.05) is 24.4 Å². The van der Waals surface area contributed by atoms with Gasteiger partial charge in [-0.15, -0.1) is 0 Å². The molecule has 0 aromatic heterocycles. The molecule has 0 saturated heterocycles. The first kappa shape index (κ1) is 14.9. The topological polar surface area (TPSA) is 64.3 Å². The van der Waals surface area contributed by atoms with Gasteiger partial charge >= 0.3 is 0 Å². The van der Waals surface area contributed by atoms with Gasteiger partial charge in [-0.3, -0.25) is 4.79 Å². The molecule has 2 atom stereocenters. The Morgan fingerprint density at radius 1 is 1.50 bits per heavy atom. The Bertz CT molecular complexity index is 474. The molecule has 0 radical (unpaired) electrons. The summed E-state index contributed by atoms with van der Waals surface area (Å²) in [6, 6.07) is 6.19. The van der Waals surface area contributed by atoms with Crippen LogP contribution in [0.3, 0.4) is 0 Å². The molecule has 1 aromatic rings. The van der Waals surface area contributed by atoms with Crippen LogP contribution in [0.4, 0.5) is 0 Å². The molecule has 2 rings (SSSR count). The summed E-state index contributed by atoms with van der Waals surface area (Å²) in [5.41, 5.74) is 8.36. The van der Waals surface area contributed by atoms with Crippen LogP contribution < -0.4 is 15.8 Å². The lowest BCUT2D eigenvalue weighted by atomic mass is 9.94. The minimum atomic E-state index is 0.0416. The molecular weight excluding hydrogens is 252 g/mol. The highest BCUT2D eigenvalue weighted by Crippen LogP contribution is 2.34. The van der Waals surface area contributed by atoms with Crippen LogP contribution in [0.2, 0.25) is 0 Å². The van der Waals surface area contributed by atoms with Crippen molar-refractivity contribution in [1.82, 2.24) is 5.32 Å². The third-order valence-electron chi connectivity index (χ3n) is 3.76. The van der Waals surface area contributed by atoms with Crippen molar-refractivity contribution >= 4 is 5.91 Å². The quantitative estimate of drug-likeness (QED) is 0.869. The van der Waals surface area contributed by atoms with Crippen LogP contribution in [0.25, 0.3) is 0 Å². The molecule has 20 heavy (non-hydrogen) atoms. The summed E-state index contributed by atoms with van der Waals surface area (Å²) in [5.74, 6) is 0.941. The molecule has 0 aliphatic carbocycles. The van der Waals surface area contributed by atoms with Crippen molar-refractivity contribution in [3.05, 3.63) is 29.3 Å². The van der Waals surface area contributed by atoms with Crippen LogP contribution in [0, 0.1) is 0 Å². The summed E-state index contributed by atoms with van der Waals surface area (Å²) < 4.78 is 5.67. The molecule has 0 spiro atoms. The lowest BCUT2D eigenvalue weighted by Gasteiger charge is -2.28. The van der Waals surface area contributed by atoms with Gasteiger partial charge in [0.2, 0.25) is 5.91 Å². The predicted molar refractivity (Wildman–Crippen MR) is 79.6 cm³/mol. The van der Waals surface area contributed by atoms with Gasteiger partial charge in [0.05, 0.1) is 12.6 Å². The highest BCUT2D eigenvalue weighted by Gasteiger charge is 2.23. The minimum absolute atomic E-state index is 0.0416. The van der Waals surface area contributed by atoms with E-state index in [0.717, 1.165) is 36.1 Å². The Hall–Kier alpha value is -1.55. The van der Waals surface area contributed by atoms with Gasteiger partial charge in [0.1, 0.15) is 5.75 Å². The first-order valence-electron chi connectivity index (χ1n) is 7.47. The maximum atomic E-state index is 11.6. The van der Waals surface area contributed by atoms with Gasteiger partial charge in [-0.25, -0.2) is 0 Å². The first-order valence-corrected chi connectivity index (χ1v) is 7.47. The zero-order valence-electron chi connectivity index (χ0n) is 12.3. The second-order valence-electron chi connectivity index (χ2n) is 5.30. The number of nitrogens with one attached hydrogen (secondary N) is 1. The first-order chi connectivity index (χ1) is 9.65. The maximum Gasteiger partial charge on any atom is 0.220 e. The summed E-state index contributed by atoms with van der Waals surface area (Å²) in [6.07, 6.45) is 3.34. The average molecular weight is 276 g/mol. The third-order valence-corrected chi connectivity index (χ3v) is 3.76. The average Bonchev–Trinajstić information content (AvgIpc) is 2.47. The fraction of sp³-hybridized carbons (Fsp3) is 0.562. The standard InChI is InChI=1S/C16H24N2O2/c1-3-5-13(17)11-6-7-15-12(10-11)14(8-9-20-15)18-16(19)4-2/h6-7,10,13-14H,3-5,8-9,17H2,1-2H3,(H,18,19). The highest BCUT2D eigenvalue weighted by molar-refractivity contribution is 5.76. The monoisotopic (exact) mass is 276 g/mol. The second kappa shape index (κ2) is 6.75. The summed E-state index contributed by atoms with van der Waals surface area (Å²) in [5, 5.41) is 3.06. The number of nitrogens with two attached hydrogens (primary N) is 1. The van der Waals surface area contributed by atoms with Gasteiger partial charge in [-0.2, -0.15) is 0 Å². The van der Waals surface area contributed by atoms with Crippen molar-refractivity contribution in [1.29, 1.82) is 0 Å². The zero-order valence-corrected chi connectivity index (χ0v) is 12.3. The van der Waals surface area contributed by atoms with E-state index >= 15 is 0 Å². The molecule has 1 aliphatic heterocycles. The van der Waals surface area contributed by atoms with Crippen molar-refractivity contribution in [3.8, 4) is 5.75 Å². The van der Waals surface area contributed by atoms with Gasteiger partial charge in [-0.1, -0.05) is 26.3 Å². The molecule has 1 amide bonds. The van der Waals surface area contributed by atoms with Crippen LogP contribution in [0.5, 0.6) is 5.75 Å². The van der Waals surface area contributed by atoms with Crippen molar-refractivity contribution in [2.75, 3.05) is 6.61 Å².